The van der Waals surface area contributed by atoms with E-state index in [0.717, 1.165) is 16.7 Å². The van der Waals surface area contributed by atoms with E-state index in [1.54, 1.807) is 20.3 Å². The molecule has 9 heteroatoms. The van der Waals surface area contributed by atoms with Gasteiger partial charge in [0.15, 0.2) is 11.5 Å². The van der Waals surface area contributed by atoms with Gasteiger partial charge in [0.05, 0.1) is 31.5 Å². The molecule has 0 saturated carbocycles. The van der Waals surface area contributed by atoms with Crippen molar-refractivity contribution in [2.24, 2.45) is 5.10 Å². The number of amides is 1. The smallest absolute Gasteiger partial charge is 0.303 e. The molecule has 4 rings (SSSR count). The highest BCUT2D eigenvalue weighted by Crippen LogP contribution is 2.39. The summed E-state index contributed by atoms with van der Waals surface area (Å²) < 4.78 is 10.8. The standard InChI is InChI=1S/C25H24ClN3O5/c1-33-21-12-16-11-17(25(26)27-18(16)14-22(21)34-2)20-13-19(15-7-4-3-5-8-15)28-29(20)23(30)9-6-10-24(31)32/h3-5,7-8,11-12,14,20H,6,9-10,13H2,1-2H3,(H,31,32). The van der Waals surface area contributed by atoms with Crippen LogP contribution in [0.5, 0.6) is 11.5 Å². The van der Waals surface area contributed by atoms with Crippen LogP contribution in [-0.2, 0) is 9.59 Å². The highest BCUT2D eigenvalue weighted by molar-refractivity contribution is 6.30. The Morgan fingerprint density at radius 3 is 2.47 bits per heavy atom. The van der Waals surface area contributed by atoms with Gasteiger partial charge in [0.1, 0.15) is 5.15 Å². The summed E-state index contributed by atoms with van der Waals surface area (Å²) in [5.74, 6) is -0.109. The summed E-state index contributed by atoms with van der Waals surface area (Å²) in [6.45, 7) is 0. The fraction of sp³-hybridized carbons (Fsp3) is 0.280. The first kappa shape index (κ1) is 23.5. The molecule has 1 aliphatic heterocycles. The van der Waals surface area contributed by atoms with Crippen LogP contribution in [0, 0.1) is 0 Å². The highest BCUT2D eigenvalue weighted by atomic mass is 35.5. The SMILES string of the molecule is COc1cc2cc(C3CC(c4ccccc4)=NN3C(=O)CCCC(=O)O)c(Cl)nc2cc1OC. The molecule has 1 aliphatic rings. The lowest BCUT2D eigenvalue weighted by Gasteiger charge is -2.23. The zero-order valence-corrected chi connectivity index (χ0v) is 19.6. The third kappa shape index (κ3) is 4.82. The summed E-state index contributed by atoms with van der Waals surface area (Å²) in [7, 11) is 3.11. The fourth-order valence-corrected chi connectivity index (χ4v) is 4.29. The van der Waals surface area contributed by atoms with E-state index >= 15 is 0 Å². The Hall–Kier alpha value is -3.65. The molecular formula is C25H24ClN3O5. The predicted molar refractivity (Wildman–Crippen MR) is 129 cm³/mol. The number of methoxy groups -OCH3 is 2. The summed E-state index contributed by atoms with van der Waals surface area (Å²) in [5, 5.41) is 16.0. The van der Waals surface area contributed by atoms with Gasteiger partial charge in [0.2, 0.25) is 5.91 Å². The lowest BCUT2D eigenvalue weighted by Crippen LogP contribution is -2.27. The van der Waals surface area contributed by atoms with Gasteiger partial charge in [-0.25, -0.2) is 9.99 Å². The number of carbonyl (C=O) groups is 2. The summed E-state index contributed by atoms with van der Waals surface area (Å²) >= 11 is 6.61. The van der Waals surface area contributed by atoms with E-state index in [1.165, 1.54) is 5.01 Å². The Bertz CT molecular complexity index is 1260. The van der Waals surface area contributed by atoms with Gasteiger partial charge in [-0.15, -0.1) is 0 Å². The molecule has 0 spiro atoms. The minimum absolute atomic E-state index is 0.0675. The molecule has 0 fully saturated rings. The number of nitrogens with zero attached hydrogens (tertiary/aromatic N) is 3. The molecule has 1 unspecified atom stereocenters. The van der Waals surface area contributed by atoms with E-state index in [4.69, 9.17) is 26.2 Å². The van der Waals surface area contributed by atoms with Gasteiger partial charge in [0.25, 0.3) is 0 Å². The first-order valence-corrected chi connectivity index (χ1v) is 11.2. The van der Waals surface area contributed by atoms with Crippen molar-refractivity contribution in [3.05, 3.63) is 64.8 Å². The maximum absolute atomic E-state index is 13.1. The largest absolute Gasteiger partial charge is 0.493 e. The van der Waals surface area contributed by atoms with Crippen molar-refractivity contribution >= 4 is 40.1 Å². The highest BCUT2D eigenvalue weighted by Gasteiger charge is 2.34. The summed E-state index contributed by atoms with van der Waals surface area (Å²) in [6.07, 6.45) is 0.667. The number of ether oxygens (including phenoxy) is 2. The quantitative estimate of drug-likeness (QED) is 0.462. The predicted octanol–water partition coefficient (Wildman–Crippen LogP) is 4.84. The number of carboxylic acid groups (broad SMARTS) is 1. The minimum Gasteiger partial charge on any atom is -0.493 e. The summed E-state index contributed by atoms with van der Waals surface area (Å²) in [6, 6.07) is 14.6. The van der Waals surface area contributed by atoms with Crippen molar-refractivity contribution in [2.75, 3.05) is 14.2 Å². The van der Waals surface area contributed by atoms with Crippen LogP contribution in [0.3, 0.4) is 0 Å². The Labute approximate surface area is 201 Å². The molecule has 2 heterocycles. The number of carboxylic acids is 1. The Kier molecular flexibility index (Phi) is 6.98. The van der Waals surface area contributed by atoms with E-state index in [-0.39, 0.29) is 30.3 Å². The first-order valence-electron chi connectivity index (χ1n) is 10.8. The minimum atomic E-state index is -0.939. The van der Waals surface area contributed by atoms with Crippen LogP contribution in [0.15, 0.2) is 53.6 Å². The molecule has 1 N–H and O–H groups in total. The maximum atomic E-state index is 13.1. The van der Waals surface area contributed by atoms with Crippen molar-refractivity contribution in [3.8, 4) is 11.5 Å². The van der Waals surface area contributed by atoms with Crippen LogP contribution in [-0.4, -0.2) is 46.9 Å². The van der Waals surface area contributed by atoms with Gasteiger partial charge in [-0.2, -0.15) is 5.10 Å². The third-order valence-corrected chi connectivity index (χ3v) is 6.02. The molecule has 34 heavy (non-hydrogen) atoms. The van der Waals surface area contributed by atoms with Crippen LogP contribution in [0.2, 0.25) is 5.15 Å². The molecule has 0 saturated heterocycles. The van der Waals surface area contributed by atoms with E-state index < -0.39 is 12.0 Å². The second kappa shape index (κ2) is 10.1. The topological polar surface area (TPSA) is 101 Å². The first-order chi connectivity index (χ1) is 16.4. The number of pyridine rings is 1. The molecule has 1 atom stereocenters. The van der Waals surface area contributed by atoms with Crippen LogP contribution in [0.1, 0.15) is 42.9 Å². The van der Waals surface area contributed by atoms with Gasteiger partial charge >= 0.3 is 5.97 Å². The second-order valence-corrected chi connectivity index (χ2v) is 8.24. The maximum Gasteiger partial charge on any atom is 0.303 e. The number of carbonyl (C=O) groups excluding carboxylic acids is 1. The number of hydrogen-bond acceptors (Lipinski definition) is 6. The average molecular weight is 482 g/mol. The van der Waals surface area contributed by atoms with E-state index in [0.29, 0.717) is 29.0 Å². The normalized spacial score (nSPS) is 15.3. The molecule has 8 nitrogen and oxygen atoms in total. The molecule has 1 amide bonds. The van der Waals surface area contributed by atoms with Crippen LogP contribution in [0.4, 0.5) is 0 Å². The van der Waals surface area contributed by atoms with Crippen molar-refractivity contribution in [1.82, 2.24) is 9.99 Å². The Morgan fingerprint density at radius 2 is 1.79 bits per heavy atom. The number of aliphatic carboxylic acids is 1. The Morgan fingerprint density at radius 1 is 1.09 bits per heavy atom. The molecule has 176 valence electrons. The molecule has 0 radical (unpaired) electrons. The van der Waals surface area contributed by atoms with Gasteiger partial charge in [-0.3, -0.25) is 9.59 Å². The van der Waals surface area contributed by atoms with Crippen molar-refractivity contribution in [2.45, 2.75) is 31.7 Å². The number of aromatic nitrogens is 1. The molecule has 2 aromatic carbocycles. The van der Waals surface area contributed by atoms with Crippen LogP contribution >= 0.6 is 11.6 Å². The number of rotatable bonds is 8. The van der Waals surface area contributed by atoms with E-state index in [1.807, 2.05) is 42.5 Å². The zero-order chi connectivity index (χ0) is 24.2. The number of hydrazone groups is 1. The number of hydrogen-bond donors (Lipinski definition) is 1. The average Bonchev–Trinajstić information content (AvgIpc) is 3.28. The van der Waals surface area contributed by atoms with E-state index in [2.05, 4.69) is 10.1 Å². The Balaban J connectivity index is 1.73. The van der Waals surface area contributed by atoms with Crippen LogP contribution < -0.4 is 9.47 Å². The van der Waals surface area contributed by atoms with Crippen LogP contribution in [0.25, 0.3) is 10.9 Å². The van der Waals surface area contributed by atoms with Crippen molar-refractivity contribution < 1.29 is 24.2 Å². The molecule has 3 aromatic rings. The monoisotopic (exact) mass is 481 g/mol. The van der Waals surface area contributed by atoms with Gasteiger partial charge in [0, 0.05) is 36.3 Å². The van der Waals surface area contributed by atoms with Gasteiger partial charge < -0.3 is 14.6 Å². The lowest BCUT2D eigenvalue weighted by molar-refractivity contribution is -0.137. The molecule has 1 aromatic heterocycles. The summed E-state index contributed by atoms with van der Waals surface area (Å²) in [5.41, 5.74) is 2.95. The second-order valence-electron chi connectivity index (χ2n) is 7.89. The molecule has 0 aliphatic carbocycles. The van der Waals surface area contributed by atoms with Crippen molar-refractivity contribution in [1.29, 1.82) is 0 Å². The zero-order valence-electron chi connectivity index (χ0n) is 18.8. The molecule has 0 bridgehead atoms. The lowest BCUT2D eigenvalue weighted by atomic mass is 9.98. The number of halogens is 1. The number of fused-ring (bicyclic) bond motifs is 1. The van der Waals surface area contributed by atoms with Gasteiger partial charge in [-0.1, -0.05) is 41.9 Å². The fourth-order valence-electron chi connectivity index (χ4n) is 4.02. The van der Waals surface area contributed by atoms with Crippen molar-refractivity contribution in [3.63, 3.8) is 0 Å². The summed E-state index contributed by atoms with van der Waals surface area (Å²) in [4.78, 5) is 28.5. The van der Waals surface area contributed by atoms with Gasteiger partial charge in [-0.05, 0) is 24.1 Å². The third-order valence-electron chi connectivity index (χ3n) is 5.71. The number of benzene rings is 2. The molecular weight excluding hydrogens is 458 g/mol. The van der Waals surface area contributed by atoms with E-state index in [9.17, 15) is 9.59 Å².